The zero-order valence-electron chi connectivity index (χ0n) is 4.86. The van der Waals surface area contributed by atoms with Gasteiger partial charge in [-0.15, -0.1) is 0 Å². The van der Waals surface area contributed by atoms with Gasteiger partial charge < -0.3 is 0 Å². The van der Waals surface area contributed by atoms with Crippen LogP contribution in [0.4, 0.5) is 0 Å². The minimum Gasteiger partial charge on any atom is -0.249 e. The molecule has 1 aromatic rings. The monoisotopic (exact) mass is 297 g/mol. The lowest BCUT2D eigenvalue weighted by Gasteiger charge is -1.96. The summed E-state index contributed by atoms with van der Waals surface area (Å²) < 4.78 is 2.18. The first kappa shape index (κ1) is 7.47. The third-order valence-corrected chi connectivity index (χ3v) is 3.04. The van der Waals surface area contributed by atoms with Crippen molar-refractivity contribution in [1.29, 1.82) is 0 Å². The average Bonchev–Trinajstić information content (AvgIpc) is 1.83. The van der Waals surface area contributed by atoms with Crippen LogP contribution in [-0.4, -0.2) is 4.98 Å². The summed E-state index contributed by atoms with van der Waals surface area (Å²) >= 11 is 5.61. The number of aromatic nitrogens is 1. The fourth-order valence-electron chi connectivity index (χ4n) is 0.489. The Labute approximate surface area is 76.1 Å². The molecule has 0 aliphatic carbocycles. The lowest BCUT2D eigenvalue weighted by molar-refractivity contribution is 1.20. The van der Waals surface area contributed by atoms with Gasteiger partial charge in [-0.3, -0.25) is 0 Å². The van der Waals surface area contributed by atoms with E-state index in [1.165, 1.54) is 9.13 Å². The summed E-state index contributed by atoms with van der Waals surface area (Å²) in [5, 5.41) is 0. The van der Waals surface area contributed by atoms with E-state index in [1.807, 2.05) is 13.0 Å². The van der Waals surface area contributed by atoms with Crippen LogP contribution in [0.3, 0.4) is 0 Å². The van der Waals surface area contributed by atoms with Gasteiger partial charge in [0.15, 0.2) is 0 Å². The van der Waals surface area contributed by atoms with Gasteiger partial charge in [0.2, 0.25) is 0 Å². The van der Waals surface area contributed by atoms with Crippen molar-refractivity contribution in [3.05, 3.63) is 26.0 Å². The van der Waals surface area contributed by atoms with Crippen LogP contribution < -0.4 is 0 Å². The molecule has 1 heterocycles. The van der Waals surface area contributed by atoms with Crippen LogP contribution in [0.5, 0.6) is 0 Å². The van der Waals surface area contributed by atoms with E-state index in [2.05, 4.69) is 43.5 Å². The molecule has 0 atom stereocenters. The SMILES string of the molecule is Cc1c(I)ccnc1Br. The standard InChI is InChI=1S/C6H5BrIN/c1-4-5(8)2-3-9-6(4)7/h2-3H,1H3. The molecule has 0 radical (unpaired) electrons. The molecule has 1 aromatic heterocycles. The normalized spacial score (nSPS) is 9.67. The molecule has 0 aromatic carbocycles. The van der Waals surface area contributed by atoms with Gasteiger partial charge in [0.1, 0.15) is 4.60 Å². The highest BCUT2D eigenvalue weighted by molar-refractivity contribution is 14.1. The second-order valence-electron chi connectivity index (χ2n) is 1.71. The third kappa shape index (κ3) is 1.64. The highest BCUT2D eigenvalue weighted by Crippen LogP contribution is 2.17. The third-order valence-electron chi connectivity index (χ3n) is 1.08. The number of pyridine rings is 1. The first-order chi connectivity index (χ1) is 4.22. The Morgan fingerprint density at radius 3 is 2.78 bits per heavy atom. The Kier molecular flexibility index (Phi) is 2.46. The molecule has 1 nitrogen and oxygen atoms in total. The second kappa shape index (κ2) is 2.96. The molecule has 0 unspecified atom stereocenters. The summed E-state index contributed by atoms with van der Waals surface area (Å²) in [6.45, 7) is 2.04. The maximum absolute atomic E-state index is 4.05. The van der Waals surface area contributed by atoms with Crippen LogP contribution in [-0.2, 0) is 0 Å². The summed E-state index contributed by atoms with van der Waals surface area (Å²) in [7, 11) is 0. The minimum atomic E-state index is 0.939. The van der Waals surface area contributed by atoms with E-state index in [0.717, 1.165) is 4.60 Å². The van der Waals surface area contributed by atoms with Crippen molar-refractivity contribution in [2.45, 2.75) is 6.92 Å². The van der Waals surface area contributed by atoms with Crippen LogP contribution in [0.1, 0.15) is 5.56 Å². The van der Waals surface area contributed by atoms with Crippen molar-refractivity contribution in [3.63, 3.8) is 0 Å². The quantitative estimate of drug-likeness (QED) is 0.530. The molecular weight excluding hydrogens is 293 g/mol. The van der Waals surface area contributed by atoms with Crippen molar-refractivity contribution in [1.82, 2.24) is 4.98 Å². The van der Waals surface area contributed by atoms with Crippen molar-refractivity contribution in [2.75, 3.05) is 0 Å². The first-order valence-electron chi connectivity index (χ1n) is 2.48. The molecule has 0 saturated carbocycles. The maximum atomic E-state index is 4.05. The predicted molar refractivity (Wildman–Crippen MR) is 49.4 cm³/mol. The van der Waals surface area contributed by atoms with E-state index >= 15 is 0 Å². The molecule has 0 aliphatic rings. The molecule has 3 heteroatoms. The van der Waals surface area contributed by atoms with Gasteiger partial charge in [0, 0.05) is 9.77 Å². The molecule has 1 rings (SSSR count). The molecular formula is C6H5BrIN. The molecule has 48 valence electrons. The molecule has 0 bridgehead atoms. The van der Waals surface area contributed by atoms with E-state index in [1.54, 1.807) is 6.20 Å². The van der Waals surface area contributed by atoms with Crippen molar-refractivity contribution >= 4 is 38.5 Å². The highest BCUT2D eigenvalue weighted by atomic mass is 127. The summed E-state index contributed by atoms with van der Waals surface area (Å²) in [6, 6.07) is 1.99. The topological polar surface area (TPSA) is 12.9 Å². The van der Waals surface area contributed by atoms with Crippen LogP contribution in [0.2, 0.25) is 0 Å². The fraction of sp³-hybridized carbons (Fsp3) is 0.167. The lowest BCUT2D eigenvalue weighted by atomic mass is 10.3. The van der Waals surface area contributed by atoms with Crippen molar-refractivity contribution in [2.24, 2.45) is 0 Å². The maximum Gasteiger partial charge on any atom is 0.110 e. The van der Waals surface area contributed by atoms with Gasteiger partial charge in [-0.25, -0.2) is 4.98 Å². The van der Waals surface area contributed by atoms with Crippen molar-refractivity contribution in [3.8, 4) is 0 Å². The Balaban J connectivity index is 3.25. The van der Waals surface area contributed by atoms with Gasteiger partial charge in [0.25, 0.3) is 0 Å². The largest absolute Gasteiger partial charge is 0.249 e. The van der Waals surface area contributed by atoms with Crippen molar-refractivity contribution < 1.29 is 0 Å². The van der Waals surface area contributed by atoms with Gasteiger partial charge >= 0.3 is 0 Å². The second-order valence-corrected chi connectivity index (χ2v) is 3.62. The zero-order valence-corrected chi connectivity index (χ0v) is 8.60. The van der Waals surface area contributed by atoms with Crippen LogP contribution >= 0.6 is 38.5 Å². The Bertz CT molecular complexity index is 204. The van der Waals surface area contributed by atoms with E-state index in [9.17, 15) is 0 Å². The number of nitrogens with zero attached hydrogens (tertiary/aromatic N) is 1. The van der Waals surface area contributed by atoms with Crippen LogP contribution in [0.15, 0.2) is 16.9 Å². The first-order valence-corrected chi connectivity index (χ1v) is 4.35. The predicted octanol–water partition coefficient (Wildman–Crippen LogP) is 2.76. The van der Waals surface area contributed by atoms with Gasteiger partial charge in [-0.05, 0) is 57.1 Å². The highest BCUT2D eigenvalue weighted by Gasteiger charge is 1.96. The molecule has 0 N–H and O–H groups in total. The van der Waals surface area contributed by atoms with Gasteiger partial charge in [0.05, 0.1) is 0 Å². The van der Waals surface area contributed by atoms with E-state index < -0.39 is 0 Å². The smallest absolute Gasteiger partial charge is 0.110 e. The number of hydrogen-bond acceptors (Lipinski definition) is 1. The summed E-state index contributed by atoms with van der Waals surface area (Å²) in [5.74, 6) is 0. The average molecular weight is 298 g/mol. The number of rotatable bonds is 0. The molecule has 0 aliphatic heterocycles. The summed E-state index contributed by atoms with van der Waals surface area (Å²) in [6.07, 6.45) is 1.79. The van der Waals surface area contributed by atoms with E-state index in [4.69, 9.17) is 0 Å². The van der Waals surface area contributed by atoms with E-state index in [-0.39, 0.29) is 0 Å². The Morgan fingerprint density at radius 2 is 2.33 bits per heavy atom. The molecule has 9 heavy (non-hydrogen) atoms. The zero-order chi connectivity index (χ0) is 6.85. The summed E-state index contributed by atoms with van der Waals surface area (Å²) in [5.41, 5.74) is 1.21. The molecule has 0 saturated heterocycles. The van der Waals surface area contributed by atoms with Crippen LogP contribution in [0, 0.1) is 10.5 Å². The van der Waals surface area contributed by atoms with Crippen LogP contribution in [0.25, 0.3) is 0 Å². The lowest BCUT2D eigenvalue weighted by Crippen LogP contribution is -1.83. The number of hydrogen-bond donors (Lipinski definition) is 0. The Hall–Kier alpha value is 0.360. The molecule has 0 fully saturated rings. The Morgan fingerprint density at radius 1 is 1.67 bits per heavy atom. The van der Waals surface area contributed by atoms with E-state index in [0.29, 0.717) is 0 Å². The van der Waals surface area contributed by atoms with Gasteiger partial charge in [-0.2, -0.15) is 0 Å². The minimum absolute atomic E-state index is 0.939. The number of halogens is 2. The molecule has 0 amide bonds. The summed E-state index contributed by atoms with van der Waals surface area (Å²) in [4.78, 5) is 4.05. The fourth-order valence-corrected chi connectivity index (χ4v) is 1.61. The van der Waals surface area contributed by atoms with Gasteiger partial charge in [-0.1, -0.05) is 0 Å². The molecule has 0 spiro atoms.